The van der Waals surface area contributed by atoms with Crippen LogP contribution in [-0.2, 0) is 38.1 Å². The molecule has 0 spiro atoms. The molecule has 0 amide bonds. The Balaban J connectivity index is 2.04. The summed E-state index contributed by atoms with van der Waals surface area (Å²) in [5, 5.41) is 0. The lowest BCUT2D eigenvalue weighted by Gasteiger charge is -2.36. The Labute approximate surface area is 165 Å². The van der Waals surface area contributed by atoms with E-state index in [9.17, 15) is 19.2 Å². The van der Waals surface area contributed by atoms with E-state index in [0.29, 0.717) is 12.8 Å². The van der Waals surface area contributed by atoms with Crippen molar-refractivity contribution in [2.24, 2.45) is 23.7 Å². The van der Waals surface area contributed by atoms with E-state index in [-0.39, 0.29) is 15.8 Å². The van der Waals surface area contributed by atoms with E-state index in [2.05, 4.69) is 0 Å². The van der Waals surface area contributed by atoms with Crippen LogP contribution in [0.25, 0.3) is 0 Å². The molecule has 0 heterocycles. The van der Waals surface area contributed by atoms with Crippen LogP contribution in [0.15, 0.2) is 0 Å². The van der Waals surface area contributed by atoms with Gasteiger partial charge in [-0.2, -0.15) is 0 Å². The van der Waals surface area contributed by atoms with Crippen LogP contribution in [0.3, 0.4) is 0 Å². The van der Waals surface area contributed by atoms with Crippen molar-refractivity contribution in [2.75, 3.05) is 20.8 Å². The first kappa shape index (κ1) is 21.1. The molecule has 0 N–H and O–H groups in total. The van der Waals surface area contributed by atoms with E-state index in [0.717, 1.165) is 6.29 Å². The Bertz CT molecular complexity index is 565. The molecule has 26 heavy (non-hydrogen) atoms. The number of methoxy groups -OCH3 is 2. The smallest absolute Gasteiger partial charge is 0.344 e. The van der Waals surface area contributed by atoms with Crippen LogP contribution in [0.4, 0.5) is 0 Å². The predicted molar refractivity (Wildman–Crippen MR) is 96.4 cm³/mol. The molecule has 0 aromatic heterocycles. The maximum atomic E-state index is 12.1. The Morgan fingerprint density at radius 3 is 2.42 bits per heavy atom. The molecule has 8 nitrogen and oxygen atoms in total. The van der Waals surface area contributed by atoms with Gasteiger partial charge in [0.15, 0.2) is 6.61 Å². The largest absolute Gasteiger partial charge is 0.469 e. The summed E-state index contributed by atoms with van der Waals surface area (Å²) in [5.74, 6) is -3.43. The van der Waals surface area contributed by atoms with Gasteiger partial charge in [-0.3, -0.25) is 9.59 Å². The number of hydrogen-bond acceptors (Lipinski definition) is 8. The third-order valence-corrected chi connectivity index (χ3v) is 6.59. The van der Waals surface area contributed by atoms with Gasteiger partial charge in [0, 0.05) is 18.9 Å². The number of halogens is 1. The Hall–Kier alpha value is -1.23. The van der Waals surface area contributed by atoms with E-state index >= 15 is 0 Å². The number of carbonyl (C=O) groups excluding carboxylic acids is 4. The number of esters is 3. The number of alkyl halides is 1. The molecule has 0 aromatic rings. The minimum atomic E-state index is -0.705. The van der Waals surface area contributed by atoms with Crippen LogP contribution in [0.1, 0.15) is 19.8 Å². The molecule has 2 saturated carbocycles. The summed E-state index contributed by atoms with van der Waals surface area (Å²) in [7, 11) is 2.74. The summed E-state index contributed by atoms with van der Waals surface area (Å²) in [4.78, 5) is 47.3. The summed E-state index contributed by atoms with van der Waals surface area (Å²) < 4.78 is 20.3. The zero-order valence-electron chi connectivity index (χ0n) is 14.9. The van der Waals surface area contributed by atoms with E-state index in [1.807, 2.05) is 29.5 Å². The van der Waals surface area contributed by atoms with Crippen LogP contribution in [0, 0.1) is 23.7 Å². The van der Waals surface area contributed by atoms with Crippen molar-refractivity contribution in [3.05, 3.63) is 0 Å². The van der Waals surface area contributed by atoms with E-state index in [4.69, 9.17) is 18.9 Å². The summed E-state index contributed by atoms with van der Waals surface area (Å²) in [6.07, 6.45) is 0.719. The quantitative estimate of drug-likeness (QED) is 0.166. The first-order chi connectivity index (χ1) is 12.4. The second kappa shape index (κ2) is 9.12. The highest BCUT2D eigenvalue weighted by atomic mass is 127. The molecule has 9 heteroatoms. The minimum Gasteiger partial charge on any atom is -0.469 e. The van der Waals surface area contributed by atoms with Gasteiger partial charge < -0.3 is 23.7 Å². The lowest BCUT2D eigenvalue weighted by molar-refractivity contribution is -0.178. The van der Waals surface area contributed by atoms with Crippen LogP contribution in [0.5, 0.6) is 0 Å². The van der Waals surface area contributed by atoms with Crippen LogP contribution in [0.2, 0.25) is 0 Å². The maximum absolute atomic E-state index is 12.1. The molecule has 0 aromatic carbocycles. The molecule has 7 unspecified atom stereocenters. The first-order valence-electron chi connectivity index (χ1n) is 8.45. The SMILES string of the molecule is CCC(I)C(=O)OCC(=O)OC1C2CC(C(C=O)C2C(=O)OC)C1OC. The highest BCUT2D eigenvalue weighted by molar-refractivity contribution is 14.1. The second-order valence-electron chi connectivity index (χ2n) is 6.46. The lowest BCUT2D eigenvalue weighted by atomic mass is 9.77. The number of hydrogen-bond donors (Lipinski definition) is 0. The van der Waals surface area contributed by atoms with E-state index in [1.165, 1.54) is 14.2 Å². The molecule has 2 aliphatic carbocycles. The average Bonchev–Trinajstić information content (AvgIpc) is 3.19. The number of ether oxygens (including phenoxy) is 4. The maximum Gasteiger partial charge on any atom is 0.344 e. The Morgan fingerprint density at radius 2 is 1.88 bits per heavy atom. The van der Waals surface area contributed by atoms with Gasteiger partial charge in [-0.1, -0.05) is 29.5 Å². The topological polar surface area (TPSA) is 105 Å². The summed E-state index contributed by atoms with van der Waals surface area (Å²) in [6.45, 7) is 1.34. The molecule has 0 aliphatic heterocycles. The molecule has 2 rings (SSSR count). The third-order valence-electron chi connectivity index (χ3n) is 5.20. The van der Waals surface area contributed by atoms with Crippen LogP contribution in [-0.4, -0.2) is 61.2 Å². The fourth-order valence-electron chi connectivity index (χ4n) is 4.04. The molecule has 2 fully saturated rings. The average molecular weight is 482 g/mol. The molecule has 7 atom stereocenters. The molecule has 0 radical (unpaired) electrons. The zero-order valence-corrected chi connectivity index (χ0v) is 17.0. The molecular formula is C17H23IO8. The lowest BCUT2D eigenvalue weighted by Crippen LogP contribution is -2.48. The van der Waals surface area contributed by atoms with Crippen molar-refractivity contribution in [3.8, 4) is 0 Å². The van der Waals surface area contributed by atoms with Gasteiger partial charge in [-0.25, -0.2) is 4.79 Å². The summed E-state index contributed by atoms with van der Waals surface area (Å²) in [6, 6.07) is 0. The zero-order chi connectivity index (χ0) is 19.4. The monoisotopic (exact) mass is 482 g/mol. The third kappa shape index (κ3) is 4.03. The van der Waals surface area contributed by atoms with Crippen LogP contribution >= 0.6 is 22.6 Å². The van der Waals surface area contributed by atoms with Gasteiger partial charge in [0.05, 0.1) is 19.1 Å². The van der Waals surface area contributed by atoms with Gasteiger partial charge in [0.2, 0.25) is 0 Å². The highest BCUT2D eigenvalue weighted by Crippen LogP contribution is 2.54. The Kier molecular flexibility index (Phi) is 7.39. The molecule has 146 valence electrons. The van der Waals surface area contributed by atoms with Gasteiger partial charge in [-0.05, 0) is 18.8 Å². The fourth-order valence-corrected chi connectivity index (χ4v) is 4.22. The van der Waals surface area contributed by atoms with Gasteiger partial charge >= 0.3 is 17.9 Å². The number of fused-ring (bicyclic) bond motifs is 2. The van der Waals surface area contributed by atoms with E-state index < -0.39 is 48.6 Å². The van der Waals surface area contributed by atoms with Gasteiger partial charge in [0.1, 0.15) is 16.3 Å². The van der Waals surface area contributed by atoms with Gasteiger partial charge in [-0.15, -0.1) is 0 Å². The van der Waals surface area contributed by atoms with Crippen molar-refractivity contribution < 1.29 is 38.1 Å². The molecular weight excluding hydrogens is 459 g/mol. The number of carbonyl (C=O) groups is 4. The van der Waals surface area contributed by atoms with Crippen molar-refractivity contribution in [1.29, 1.82) is 0 Å². The van der Waals surface area contributed by atoms with Crippen molar-refractivity contribution in [1.82, 2.24) is 0 Å². The summed E-state index contributed by atoms with van der Waals surface area (Å²) >= 11 is 1.94. The van der Waals surface area contributed by atoms with Crippen molar-refractivity contribution in [3.63, 3.8) is 0 Å². The van der Waals surface area contributed by atoms with Crippen molar-refractivity contribution in [2.45, 2.75) is 35.9 Å². The first-order valence-corrected chi connectivity index (χ1v) is 9.70. The predicted octanol–water partition coefficient (Wildman–Crippen LogP) is 0.924. The Morgan fingerprint density at radius 1 is 1.19 bits per heavy atom. The normalized spacial score (nSPS) is 33.4. The molecule has 0 saturated heterocycles. The fraction of sp³-hybridized carbons (Fsp3) is 0.765. The standard InChI is InChI=1S/C17H23IO8/c1-4-11(18)16(21)25-7-12(20)26-15-9-5-8(14(15)23-2)10(6-19)13(9)17(22)24-3/h6,8-11,13-15H,4-5,7H2,1-3H3. The van der Waals surface area contributed by atoms with Crippen molar-refractivity contribution >= 4 is 46.8 Å². The minimum absolute atomic E-state index is 0.217. The van der Waals surface area contributed by atoms with Crippen LogP contribution < -0.4 is 0 Å². The van der Waals surface area contributed by atoms with Gasteiger partial charge in [0.25, 0.3) is 0 Å². The second-order valence-corrected chi connectivity index (χ2v) is 7.97. The molecule has 2 bridgehead atoms. The highest BCUT2D eigenvalue weighted by Gasteiger charge is 2.62. The number of aldehydes is 1. The summed E-state index contributed by atoms with van der Waals surface area (Å²) in [5.41, 5.74) is 0. The molecule has 2 aliphatic rings. The number of rotatable bonds is 8. The van der Waals surface area contributed by atoms with E-state index in [1.54, 1.807) is 0 Å².